The number of ketones is 1. The van der Waals surface area contributed by atoms with Gasteiger partial charge in [0.05, 0.1) is 5.54 Å². The molecule has 2 rings (SSSR count). The van der Waals surface area contributed by atoms with Gasteiger partial charge in [0, 0.05) is 12.8 Å². The molecule has 0 bridgehead atoms. The quantitative estimate of drug-likeness (QED) is 0.717. The maximum atomic E-state index is 11.5. The first-order valence-electron chi connectivity index (χ1n) is 5.34. The maximum absolute atomic E-state index is 11.5. The largest absolute Gasteiger partial charge is 0.444 e. The molecule has 0 spiro atoms. The predicted molar refractivity (Wildman–Crippen MR) is 54.4 cm³/mol. The summed E-state index contributed by atoms with van der Waals surface area (Å²) in [6.07, 6.45) is 1.63. The molecule has 0 saturated heterocycles. The normalized spacial score (nSPS) is 33.5. The molecule has 2 atom stereocenters. The minimum absolute atomic E-state index is 0.251. The summed E-state index contributed by atoms with van der Waals surface area (Å²) in [5.74, 6) is 0.611. The summed E-state index contributed by atoms with van der Waals surface area (Å²) in [4.78, 5) is 22.7. The zero-order valence-corrected chi connectivity index (χ0v) is 9.42. The number of hydrogen-bond donors (Lipinski definition) is 1. The summed E-state index contributed by atoms with van der Waals surface area (Å²) >= 11 is 0. The van der Waals surface area contributed by atoms with Crippen molar-refractivity contribution >= 4 is 11.9 Å². The van der Waals surface area contributed by atoms with E-state index in [-0.39, 0.29) is 11.3 Å². The van der Waals surface area contributed by atoms with Crippen molar-refractivity contribution in [3.63, 3.8) is 0 Å². The molecule has 2 aliphatic rings. The van der Waals surface area contributed by atoms with Crippen molar-refractivity contribution in [2.24, 2.45) is 5.92 Å². The number of Topliss-reactive ketones (excluding diaryl/α,β-unsaturated/α-hetero) is 1. The van der Waals surface area contributed by atoms with Crippen molar-refractivity contribution in [2.45, 2.75) is 51.2 Å². The smallest absolute Gasteiger partial charge is 0.408 e. The van der Waals surface area contributed by atoms with Gasteiger partial charge in [-0.1, -0.05) is 0 Å². The van der Waals surface area contributed by atoms with Gasteiger partial charge in [-0.05, 0) is 33.1 Å². The summed E-state index contributed by atoms with van der Waals surface area (Å²) in [5, 5.41) is 2.83. The molecule has 1 amide bonds. The zero-order valence-electron chi connectivity index (χ0n) is 9.42. The first-order valence-corrected chi connectivity index (χ1v) is 5.34. The molecule has 4 heteroatoms. The van der Waals surface area contributed by atoms with Gasteiger partial charge in [0.15, 0.2) is 0 Å². The molecule has 0 aliphatic heterocycles. The molecule has 1 N–H and O–H groups in total. The lowest BCUT2D eigenvalue weighted by molar-refractivity contribution is -0.118. The van der Waals surface area contributed by atoms with Crippen molar-refractivity contribution in [2.75, 3.05) is 0 Å². The van der Waals surface area contributed by atoms with Crippen LogP contribution in [0.1, 0.15) is 40.0 Å². The molecule has 0 aromatic carbocycles. The van der Waals surface area contributed by atoms with Crippen molar-refractivity contribution < 1.29 is 14.3 Å². The predicted octanol–water partition coefficient (Wildman–Crippen LogP) is 1.63. The highest BCUT2D eigenvalue weighted by atomic mass is 16.6. The molecule has 0 radical (unpaired) electrons. The van der Waals surface area contributed by atoms with Crippen molar-refractivity contribution in [1.82, 2.24) is 5.32 Å². The second-order valence-electron chi connectivity index (χ2n) is 5.60. The average molecular weight is 211 g/mol. The van der Waals surface area contributed by atoms with Crippen LogP contribution in [0.2, 0.25) is 0 Å². The number of amides is 1. The number of hydrogen-bond acceptors (Lipinski definition) is 3. The van der Waals surface area contributed by atoms with E-state index in [0.717, 1.165) is 6.42 Å². The van der Waals surface area contributed by atoms with Crippen LogP contribution in [0.3, 0.4) is 0 Å². The Kier molecular flexibility index (Phi) is 2.07. The molecular weight excluding hydrogens is 194 g/mol. The lowest BCUT2D eigenvalue weighted by Gasteiger charge is -2.22. The summed E-state index contributed by atoms with van der Waals surface area (Å²) < 4.78 is 5.17. The van der Waals surface area contributed by atoms with Gasteiger partial charge in [-0.15, -0.1) is 0 Å². The number of nitrogens with one attached hydrogen (secondary N) is 1. The Balaban J connectivity index is 1.89. The van der Waals surface area contributed by atoms with Crippen LogP contribution in [0.4, 0.5) is 4.79 Å². The minimum atomic E-state index is -0.478. The molecule has 2 saturated carbocycles. The highest BCUT2D eigenvalue weighted by Gasteiger charge is 2.61. The van der Waals surface area contributed by atoms with Crippen LogP contribution in [0, 0.1) is 5.92 Å². The maximum Gasteiger partial charge on any atom is 0.408 e. The van der Waals surface area contributed by atoms with Crippen LogP contribution in [-0.4, -0.2) is 23.0 Å². The van der Waals surface area contributed by atoms with Gasteiger partial charge in [0.2, 0.25) is 0 Å². The van der Waals surface area contributed by atoms with E-state index in [0.29, 0.717) is 18.8 Å². The molecular formula is C11H17NO3. The van der Waals surface area contributed by atoms with Crippen LogP contribution in [0.25, 0.3) is 0 Å². The first kappa shape index (κ1) is 10.5. The van der Waals surface area contributed by atoms with Crippen LogP contribution < -0.4 is 5.32 Å². The molecule has 2 aliphatic carbocycles. The summed E-state index contributed by atoms with van der Waals surface area (Å²) in [6.45, 7) is 5.48. The van der Waals surface area contributed by atoms with Gasteiger partial charge in [-0.3, -0.25) is 4.79 Å². The lowest BCUT2D eigenvalue weighted by atomic mass is 10.2. The molecule has 0 aromatic heterocycles. The van der Waals surface area contributed by atoms with Gasteiger partial charge in [0.1, 0.15) is 11.4 Å². The Labute approximate surface area is 89.4 Å². The third-order valence-electron chi connectivity index (χ3n) is 2.97. The van der Waals surface area contributed by atoms with Crippen molar-refractivity contribution in [3.8, 4) is 0 Å². The molecule has 0 aromatic rings. The second-order valence-corrected chi connectivity index (χ2v) is 5.60. The van der Waals surface area contributed by atoms with E-state index in [1.807, 2.05) is 20.8 Å². The lowest BCUT2D eigenvalue weighted by Crippen LogP contribution is -2.41. The van der Waals surface area contributed by atoms with Gasteiger partial charge in [-0.25, -0.2) is 4.79 Å². The summed E-state index contributed by atoms with van der Waals surface area (Å²) in [5.41, 5.74) is -0.729. The minimum Gasteiger partial charge on any atom is -0.444 e. The van der Waals surface area contributed by atoms with Gasteiger partial charge < -0.3 is 10.1 Å². The first-order chi connectivity index (χ1) is 6.81. The van der Waals surface area contributed by atoms with Crippen LogP contribution in [0.5, 0.6) is 0 Å². The highest BCUT2D eigenvalue weighted by Crippen LogP contribution is 2.54. The number of carbonyl (C=O) groups is 2. The van der Waals surface area contributed by atoms with E-state index in [1.54, 1.807) is 0 Å². The third-order valence-corrected chi connectivity index (χ3v) is 2.97. The monoisotopic (exact) mass is 211 g/mol. The fourth-order valence-corrected chi connectivity index (χ4v) is 2.27. The zero-order chi connectivity index (χ0) is 11.3. The van der Waals surface area contributed by atoms with E-state index in [4.69, 9.17) is 4.74 Å². The second kappa shape index (κ2) is 2.97. The molecule has 0 heterocycles. The van der Waals surface area contributed by atoms with Gasteiger partial charge in [0.25, 0.3) is 0 Å². The standard InChI is InChI=1S/C11H17NO3/c1-10(2,3)15-9(14)12-11-5-7(11)4-8(13)6-11/h7H,4-6H2,1-3H3,(H,12,14). The SMILES string of the molecule is CC(C)(C)OC(=O)NC12CC(=O)CC1C2. The number of ether oxygens (including phenoxy) is 1. The van der Waals surface area contributed by atoms with E-state index in [2.05, 4.69) is 5.32 Å². The fourth-order valence-electron chi connectivity index (χ4n) is 2.27. The molecule has 84 valence electrons. The molecule has 2 unspecified atom stereocenters. The number of alkyl carbamates (subject to hydrolysis) is 1. The van der Waals surface area contributed by atoms with Crippen LogP contribution in [-0.2, 0) is 9.53 Å². The average Bonchev–Trinajstić information content (AvgIpc) is 2.47. The van der Waals surface area contributed by atoms with E-state index >= 15 is 0 Å². The number of carbonyl (C=O) groups excluding carboxylic acids is 2. The van der Waals surface area contributed by atoms with E-state index in [9.17, 15) is 9.59 Å². The van der Waals surface area contributed by atoms with Gasteiger partial charge in [-0.2, -0.15) is 0 Å². The Hall–Kier alpha value is -1.06. The topological polar surface area (TPSA) is 55.4 Å². The van der Waals surface area contributed by atoms with Crippen molar-refractivity contribution in [3.05, 3.63) is 0 Å². The third kappa shape index (κ3) is 2.13. The van der Waals surface area contributed by atoms with E-state index in [1.165, 1.54) is 0 Å². The molecule has 2 fully saturated rings. The number of rotatable bonds is 1. The van der Waals surface area contributed by atoms with Crippen molar-refractivity contribution in [1.29, 1.82) is 0 Å². The Morgan fingerprint density at radius 2 is 2.20 bits per heavy atom. The van der Waals surface area contributed by atoms with Crippen LogP contribution >= 0.6 is 0 Å². The summed E-state index contributed by atoms with van der Waals surface area (Å²) in [7, 11) is 0. The van der Waals surface area contributed by atoms with E-state index < -0.39 is 11.7 Å². The Morgan fingerprint density at radius 3 is 2.67 bits per heavy atom. The highest BCUT2D eigenvalue weighted by molar-refractivity contribution is 5.86. The number of fused-ring (bicyclic) bond motifs is 1. The molecule has 4 nitrogen and oxygen atoms in total. The Morgan fingerprint density at radius 1 is 1.53 bits per heavy atom. The fraction of sp³-hybridized carbons (Fsp3) is 0.818. The Bertz CT molecular complexity index is 318. The van der Waals surface area contributed by atoms with Crippen LogP contribution in [0.15, 0.2) is 0 Å². The van der Waals surface area contributed by atoms with Gasteiger partial charge >= 0.3 is 6.09 Å². The molecule has 15 heavy (non-hydrogen) atoms. The summed E-state index contributed by atoms with van der Waals surface area (Å²) in [6, 6.07) is 0.